The Balaban J connectivity index is 0.000000437. The Kier molecular flexibility index (Phi) is 16.6. The molecule has 1 aromatic rings. The maximum atomic E-state index is 5.06. The summed E-state index contributed by atoms with van der Waals surface area (Å²) in [6, 6.07) is 8.77. The van der Waals surface area contributed by atoms with Crippen LogP contribution in [0, 0.1) is 10.8 Å². The number of hydrogen-bond acceptors (Lipinski definition) is 4. The SMILES string of the molecule is CB1CC(C)(C)C(C)(C)C1.CB1Cc2ccccc2C1.CCOB(C)OCC.COB(C)OC. The molecule has 2 aliphatic rings. The van der Waals surface area contributed by atoms with E-state index in [1.165, 1.54) is 25.3 Å². The largest absolute Gasteiger partial charge is 0.453 e. The van der Waals surface area contributed by atoms with E-state index in [1.54, 1.807) is 25.3 Å². The lowest BCUT2D eigenvalue weighted by Gasteiger charge is -2.35. The van der Waals surface area contributed by atoms with Crippen LogP contribution < -0.4 is 0 Å². The van der Waals surface area contributed by atoms with Gasteiger partial charge in [0, 0.05) is 27.4 Å². The van der Waals surface area contributed by atoms with Gasteiger partial charge in [0.1, 0.15) is 13.4 Å². The van der Waals surface area contributed by atoms with Gasteiger partial charge in [0.2, 0.25) is 0 Å². The van der Waals surface area contributed by atoms with Gasteiger partial charge in [0.15, 0.2) is 0 Å². The minimum Gasteiger partial charge on any atom is -0.414 e. The van der Waals surface area contributed by atoms with Gasteiger partial charge in [0.05, 0.1) is 0 Å². The fourth-order valence-corrected chi connectivity index (χ4v) is 4.76. The highest BCUT2D eigenvalue weighted by Crippen LogP contribution is 2.52. The second-order valence-electron chi connectivity index (χ2n) is 11.1. The molecule has 0 bridgehead atoms. The Morgan fingerprint density at radius 3 is 1.35 bits per heavy atom. The van der Waals surface area contributed by atoms with E-state index in [4.69, 9.17) is 9.31 Å². The van der Waals surface area contributed by atoms with Crippen molar-refractivity contribution in [1.82, 2.24) is 0 Å². The average molecular weight is 472 g/mol. The van der Waals surface area contributed by atoms with E-state index in [0.717, 1.165) is 26.6 Å². The molecule has 8 heteroatoms. The smallest absolute Gasteiger partial charge is 0.414 e. The van der Waals surface area contributed by atoms with E-state index in [-0.39, 0.29) is 14.2 Å². The molecule has 0 saturated carbocycles. The fourth-order valence-electron chi connectivity index (χ4n) is 4.76. The zero-order valence-corrected chi connectivity index (χ0v) is 24.5. The quantitative estimate of drug-likeness (QED) is 0.430. The Morgan fingerprint density at radius 1 is 0.735 bits per heavy atom. The van der Waals surface area contributed by atoms with E-state index in [9.17, 15) is 0 Å². The van der Waals surface area contributed by atoms with Crippen molar-refractivity contribution in [3.05, 3.63) is 35.4 Å². The molecule has 1 fully saturated rings. The van der Waals surface area contributed by atoms with Crippen molar-refractivity contribution in [3.63, 3.8) is 0 Å². The standard InChI is InChI=1S/C9H11B.C9H19B.C5H13BO2.C3H9BO2/c1-10-6-8-4-2-3-5-9(8)7-10;1-8(2)6-10(5)7-9(8,3)4;1-4-7-6(3)8-5-2;1-4(5-2)6-3/h2-5H,6-7H2,1H3;6-7H2,1-5H3;4-5H2,1-3H3;1-3H3. The first-order valence-electron chi connectivity index (χ1n) is 13.2. The van der Waals surface area contributed by atoms with Crippen molar-refractivity contribution >= 4 is 27.7 Å². The third-order valence-corrected chi connectivity index (χ3v) is 7.27. The van der Waals surface area contributed by atoms with E-state index >= 15 is 0 Å². The van der Waals surface area contributed by atoms with Gasteiger partial charge < -0.3 is 18.6 Å². The predicted molar refractivity (Wildman–Crippen MR) is 155 cm³/mol. The molecule has 0 unspecified atom stereocenters. The average Bonchev–Trinajstić information content (AvgIpc) is 3.22. The van der Waals surface area contributed by atoms with Gasteiger partial charge in [-0.25, -0.2) is 0 Å². The summed E-state index contributed by atoms with van der Waals surface area (Å²) in [4.78, 5) is 0. The molecule has 1 aromatic carbocycles. The minimum atomic E-state index is -0.0648. The summed E-state index contributed by atoms with van der Waals surface area (Å²) in [6.45, 7) is 25.2. The zero-order valence-electron chi connectivity index (χ0n) is 24.5. The normalized spacial score (nSPS) is 16.8. The molecule has 192 valence electrons. The Labute approximate surface area is 214 Å². The van der Waals surface area contributed by atoms with Crippen molar-refractivity contribution in [2.24, 2.45) is 10.8 Å². The highest BCUT2D eigenvalue weighted by molar-refractivity contribution is 6.58. The summed E-state index contributed by atoms with van der Waals surface area (Å²) >= 11 is 0. The van der Waals surface area contributed by atoms with Gasteiger partial charge in [-0.05, 0) is 51.0 Å². The lowest BCUT2D eigenvalue weighted by atomic mass is 9.49. The second-order valence-corrected chi connectivity index (χ2v) is 11.1. The van der Waals surface area contributed by atoms with Crippen LogP contribution in [0.2, 0.25) is 39.9 Å². The first-order chi connectivity index (χ1) is 15.8. The van der Waals surface area contributed by atoms with Crippen LogP contribution in [0.3, 0.4) is 0 Å². The third kappa shape index (κ3) is 12.9. The van der Waals surface area contributed by atoms with Gasteiger partial charge in [0.25, 0.3) is 0 Å². The third-order valence-electron chi connectivity index (χ3n) is 7.27. The van der Waals surface area contributed by atoms with Gasteiger partial charge >= 0.3 is 14.2 Å². The van der Waals surface area contributed by atoms with E-state index in [2.05, 4.69) is 74.9 Å². The Morgan fingerprint density at radius 2 is 1.12 bits per heavy atom. The van der Waals surface area contributed by atoms with Crippen LogP contribution in [0.1, 0.15) is 52.7 Å². The summed E-state index contributed by atoms with van der Waals surface area (Å²) in [7, 11) is 3.11. The number of hydrogen-bond donors (Lipinski definition) is 0. The van der Waals surface area contributed by atoms with Gasteiger partial charge in [-0.2, -0.15) is 0 Å². The fraction of sp³-hybridized carbons (Fsp3) is 0.769. The Bertz CT molecular complexity index is 606. The van der Waals surface area contributed by atoms with Gasteiger partial charge in [-0.1, -0.05) is 89.4 Å². The highest BCUT2D eigenvalue weighted by Gasteiger charge is 2.45. The molecular formula is C26H52B4O4. The van der Waals surface area contributed by atoms with Crippen LogP contribution in [-0.4, -0.2) is 55.1 Å². The molecule has 0 aromatic heterocycles. The maximum absolute atomic E-state index is 5.06. The molecule has 0 radical (unpaired) electrons. The Hall–Kier alpha value is -0.680. The lowest BCUT2D eigenvalue weighted by Crippen LogP contribution is -2.24. The van der Waals surface area contributed by atoms with Crippen LogP contribution in [0.4, 0.5) is 0 Å². The van der Waals surface area contributed by atoms with Crippen molar-refractivity contribution in [3.8, 4) is 0 Å². The molecular weight excluding hydrogens is 420 g/mol. The second kappa shape index (κ2) is 16.9. The first-order valence-corrected chi connectivity index (χ1v) is 13.2. The monoisotopic (exact) mass is 472 g/mol. The molecule has 0 N–H and O–H groups in total. The van der Waals surface area contributed by atoms with Crippen LogP contribution in [0.15, 0.2) is 24.3 Å². The summed E-state index contributed by atoms with van der Waals surface area (Å²) < 4.78 is 19.5. The summed E-state index contributed by atoms with van der Waals surface area (Å²) in [6.07, 6.45) is 5.38. The maximum Gasteiger partial charge on any atom is 0.453 e. The van der Waals surface area contributed by atoms with Crippen LogP contribution in [0.25, 0.3) is 0 Å². The van der Waals surface area contributed by atoms with Crippen molar-refractivity contribution in [1.29, 1.82) is 0 Å². The molecule has 0 aliphatic carbocycles. The van der Waals surface area contributed by atoms with Crippen LogP contribution in [-0.2, 0) is 31.3 Å². The lowest BCUT2D eigenvalue weighted by molar-refractivity contribution is 0.177. The predicted octanol–water partition coefficient (Wildman–Crippen LogP) is 6.74. The number of rotatable bonds is 6. The van der Waals surface area contributed by atoms with E-state index < -0.39 is 0 Å². The summed E-state index contributed by atoms with van der Waals surface area (Å²) in [5, 5.41) is 0. The first kappa shape index (κ1) is 33.3. The molecule has 2 aliphatic heterocycles. The topological polar surface area (TPSA) is 36.9 Å². The highest BCUT2D eigenvalue weighted by atomic mass is 16.6. The number of fused-ring (bicyclic) bond motifs is 1. The zero-order chi connectivity index (χ0) is 26.4. The van der Waals surface area contributed by atoms with E-state index in [0.29, 0.717) is 10.8 Å². The summed E-state index contributed by atoms with van der Waals surface area (Å²) in [5.74, 6) is 0. The van der Waals surface area contributed by atoms with Crippen molar-refractivity contribution in [2.75, 3.05) is 27.4 Å². The molecule has 4 nitrogen and oxygen atoms in total. The minimum absolute atomic E-state index is 0.0370. The summed E-state index contributed by atoms with van der Waals surface area (Å²) in [5.41, 5.74) is 4.25. The van der Waals surface area contributed by atoms with Crippen LogP contribution in [0.5, 0.6) is 0 Å². The molecule has 2 heterocycles. The van der Waals surface area contributed by atoms with Gasteiger partial charge in [-0.15, -0.1) is 0 Å². The van der Waals surface area contributed by atoms with E-state index in [1.807, 2.05) is 27.5 Å². The molecule has 0 atom stereocenters. The molecule has 3 rings (SSSR count). The van der Waals surface area contributed by atoms with Crippen LogP contribution >= 0.6 is 0 Å². The molecule has 1 saturated heterocycles. The molecule has 0 amide bonds. The molecule has 34 heavy (non-hydrogen) atoms. The van der Waals surface area contributed by atoms with Gasteiger partial charge in [-0.3, -0.25) is 0 Å². The van der Waals surface area contributed by atoms with Crippen molar-refractivity contribution < 1.29 is 18.6 Å². The number of benzene rings is 1. The van der Waals surface area contributed by atoms with Crippen molar-refractivity contribution in [2.45, 2.75) is 94.1 Å². The molecule has 0 spiro atoms.